The van der Waals surface area contributed by atoms with Crippen molar-refractivity contribution in [2.24, 2.45) is 0 Å². The number of benzene rings is 2. The molecule has 2 aromatic carbocycles. The Morgan fingerprint density at radius 3 is 2.68 bits per heavy atom. The van der Waals surface area contributed by atoms with Crippen LogP contribution in [0.25, 0.3) is 0 Å². The maximum absolute atomic E-state index is 12.8. The first kappa shape index (κ1) is 24.5. The van der Waals surface area contributed by atoms with Crippen LogP contribution in [0.15, 0.2) is 48.5 Å². The molecule has 0 aromatic heterocycles. The summed E-state index contributed by atoms with van der Waals surface area (Å²) in [7, 11) is 1.26. The van der Waals surface area contributed by atoms with E-state index in [0.29, 0.717) is 42.0 Å². The first-order valence-electron chi connectivity index (χ1n) is 10.7. The normalized spacial score (nSPS) is 17.6. The number of rotatable bonds is 6. The van der Waals surface area contributed by atoms with E-state index in [0.717, 1.165) is 0 Å². The second kappa shape index (κ2) is 11.7. The Morgan fingerprint density at radius 1 is 1.21 bits per heavy atom. The third kappa shape index (κ3) is 6.70. The number of aliphatic hydroxyl groups excluding tert-OH is 1. The van der Waals surface area contributed by atoms with Crippen LogP contribution in [0.4, 0.5) is 10.5 Å². The van der Waals surface area contributed by atoms with E-state index in [4.69, 9.17) is 10.00 Å². The number of carbonyl (C=O) groups excluding carboxylic acids is 3. The Balaban J connectivity index is 1.61. The van der Waals surface area contributed by atoms with Gasteiger partial charge in [0.1, 0.15) is 5.75 Å². The summed E-state index contributed by atoms with van der Waals surface area (Å²) in [5.41, 5.74) is 1.26. The lowest BCUT2D eigenvalue weighted by Crippen LogP contribution is -2.50. The van der Waals surface area contributed by atoms with Gasteiger partial charge in [-0.25, -0.2) is 9.59 Å². The Bertz CT molecular complexity index is 1070. The quantitative estimate of drug-likeness (QED) is 0.552. The van der Waals surface area contributed by atoms with Gasteiger partial charge in [0.25, 0.3) is 5.91 Å². The molecule has 10 heteroatoms. The highest BCUT2D eigenvalue weighted by molar-refractivity contribution is 5.94. The Kier molecular flexibility index (Phi) is 8.43. The minimum absolute atomic E-state index is 0.122. The van der Waals surface area contributed by atoms with E-state index in [-0.39, 0.29) is 19.2 Å². The van der Waals surface area contributed by atoms with E-state index >= 15 is 0 Å². The molecule has 0 aliphatic carbocycles. The summed E-state index contributed by atoms with van der Waals surface area (Å²) in [4.78, 5) is 38.2. The van der Waals surface area contributed by atoms with Crippen LogP contribution in [-0.2, 0) is 9.53 Å². The fraction of sp³-hybridized carbons (Fsp3) is 0.333. The number of urea groups is 1. The van der Waals surface area contributed by atoms with Crippen molar-refractivity contribution < 1.29 is 29.0 Å². The van der Waals surface area contributed by atoms with Crippen molar-refractivity contribution >= 4 is 23.6 Å². The lowest BCUT2D eigenvalue weighted by atomic mass is 10.1. The summed E-state index contributed by atoms with van der Waals surface area (Å²) in [6.07, 6.45) is 0.191. The van der Waals surface area contributed by atoms with Crippen LogP contribution < -0.4 is 15.4 Å². The lowest BCUT2D eigenvalue weighted by molar-refractivity contribution is -0.142. The Morgan fingerprint density at radius 2 is 1.97 bits per heavy atom. The molecule has 2 unspecified atom stereocenters. The minimum Gasteiger partial charge on any atom is -0.482 e. The fourth-order valence-electron chi connectivity index (χ4n) is 3.49. The minimum atomic E-state index is -0.814. The van der Waals surface area contributed by atoms with E-state index in [2.05, 4.69) is 15.4 Å². The molecule has 0 radical (unpaired) electrons. The summed E-state index contributed by atoms with van der Waals surface area (Å²) >= 11 is 0. The van der Waals surface area contributed by atoms with Crippen molar-refractivity contribution in [2.75, 3.05) is 32.1 Å². The van der Waals surface area contributed by atoms with Gasteiger partial charge in [-0.05, 0) is 55.3 Å². The van der Waals surface area contributed by atoms with Crippen molar-refractivity contribution in [3.63, 3.8) is 0 Å². The highest BCUT2D eigenvalue weighted by Crippen LogP contribution is 2.17. The first-order valence-corrected chi connectivity index (χ1v) is 10.7. The summed E-state index contributed by atoms with van der Waals surface area (Å²) in [5, 5.41) is 25.1. The molecule has 1 saturated heterocycles. The molecule has 2 aromatic rings. The predicted octanol–water partition coefficient (Wildman–Crippen LogP) is 1.90. The molecule has 1 aliphatic heterocycles. The van der Waals surface area contributed by atoms with E-state index in [9.17, 15) is 19.5 Å². The SMILES string of the molecule is COC(=O)COc1ccc(C(=O)NC2CN(C(=O)Nc3cccc(C#N)c3)CCCC2O)cc1. The van der Waals surface area contributed by atoms with Gasteiger partial charge < -0.3 is 30.1 Å². The summed E-state index contributed by atoms with van der Waals surface area (Å²) in [5.74, 6) is -0.525. The standard InChI is InChI=1S/C24H26N4O6/c1-33-22(30)15-34-19-9-7-17(8-10-19)23(31)27-20-14-28(11-3-6-21(20)29)24(32)26-18-5-2-4-16(12-18)13-25/h2,4-5,7-10,12,20-21,29H,3,6,11,14-15H2,1H3,(H,26,32)(H,27,31). The molecule has 34 heavy (non-hydrogen) atoms. The average molecular weight is 466 g/mol. The van der Waals surface area contributed by atoms with Gasteiger partial charge in [0.05, 0.1) is 30.9 Å². The van der Waals surface area contributed by atoms with Crippen LogP contribution in [0.1, 0.15) is 28.8 Å². The summed E-state index contributed by atoms with van der Waals surface area (Å²) in [6.45, 7) is 0.297. The van der Waals surface area contributed by atoms with Gasteiger partial charge in [-0.2, -0.15) is 5.26 Å². The third-order valence-electron chi connectivity index (χ3n) is 5.36. The van der Waals surface area contributed by atoms with Gasteiger partial charge >= 0.3 is 12.0 Å². The zero-order valence-electron chi connectivity index (χ0n) is 18.7. The van der Waals surface area contributed by atoms with Crippen molar-refractivity contribution in [3.8, 4) is 11.8 Å². The number of aliphatic hydroxyl groups is 1. The van der Waals surface area contributed by atoms with Crippen LogP contribution in [0, 0.1) is 11.3 Å². The number of methoxy groups -OCH3 is 1. The first-order chi connectivity index (χ1) is 16.4. The second-order valence-corrected chi connectivity index (χ2v) is 7.75. The molecule has 3 N–H and O–H groups in total. The Hall–Kier alpha value is -4.10. The number of likely N-dealkylation sites (tertiary alicyclic amines) is 1. The molecule has 0 bridgehead atoms. The number of hydrogen-bond acceptors (Lipinski definition) is 7. The van der Waals surface area contributed by atoms with E-state index in [1.54, 1.807) is 36.4 Å². The highest BCUT2D eigenvalue weighted by atomic mass is 16.6. The number of esters is 1. The average Bonchev–Trinajstić information content (AvgIpc) is 3.04. The fourth-order valence-corrected chi connectivity index (χ4v) is 3.49. The topological polar surface area (TPSA) is 141 Å². The van der Waals surface area contributed by atoms with E-state index in [1.807, 2.05) is 6.07 Å². The van der Waals surface area contributed by atoms with Gasteiger partial charge in [0, 0.05) is 24.3 Å². The molecular weight excluding hydrogens is 440 g/mol. The van der Waals surface area contributed by atoms with Crippen molar-refractivity contribution in [2.45, 2.75) is 25.0 Å². The Labute approximate surface area is 197 Å². The molecule has 0 saturated carbocycles. The number of hydrogen-bond donors (Lipinski definition) is 3. The second-order valence-electron chi connectivity index (χ2n) is 7.75. The van der Waals surface area contributed by atoms with Gasteiger partial charge in [-0.15, -0.1) is 0 Å². The van der Waals surface area contributed by atoms with Crippen molar-refractivity contribution in [1.82, 2.24) is 10.2 Å². The number of amides is 3. The molecular formula is C24H26N4O6. The van der Waals surface area contributed by atoms with Crippen LogP contribution in [0.5, 0.6) is 5.75 Å². The summed E-state index contributed by atoms with van der Waals surface area (Å²) < 4.78 is 9.78. The van der Waals surface area contributed by atoms with Crippen LogP contribution in [-0.4, -0.2) is 66.9 Å². The monoisotopic (exact) mass is 466 g/mol. The molecule has 0 spiro atoms. The van der Waals surface area contributed by atoms with Gasteiger partial charge in [0.15, 0.2) is 6.61 Å². The van der Waals surface area contributed by atoms with Gasteiger partial charge in [0.2, 0.25) is 0 Å². The molecule has 1 fully saturated rings. The molecule has 1 heterocycles. The zero-order chi connectivity index (χ0) is 24.5. The van der Waals surface area contributed by atoms with Crippen molar-refractivity contribution in [1.29, 1.82) is 5.26 Å². The van der Waals surface area contributed by atoms with E-state index in [1.165, 1.54) is 24.1 Å². The maximum atomic E-state index is 12.8. The van der Waals surface area contributed by atoms with E-state index < -0.39 is 24.0 Å². The van der Waals surface area contributed by atoms with Gasteiger partial charge in [-0.1, -0.05) is 6.07 Å². The van der Waals surface area contributed by atoms with Crippen LogP contribution in [0.2, 0.25) is 0 Å². The largest absolute Gasteiger partial charge is 0.482 e. The van der Waals surface area contributed by atoms with Crippen molar-refractivity contribution in [3.05, 3.63) is 59.7 Å². The molecule has 10 nitrogen and oxygen atoms in total. The summed E-state index contributed by atoms with van der Waals surface area (Å²) in [6, 6.07) is 13.7. The zero-order valence-corrected chi connectivity index (χ0v) is 18.7. The molecule has 3 amide bonds. The number of nitrogens with one attached hydrogen (secondary N) is 2. The van der Waals surface area contributed by atoms with Crippen LogP contribution >= 0.6 is 0 Å². The molecule has 1 aliphatic rings. The number of carbonyl (C=O) groups is 3. The lowest BCUT2D eigenvalue weighted by Gasteiger charge is -2.27. The predicted molar refractivity (Wildman–Crippen MR) is 122 cm³/mol. The number of nitrogens with zero attached hydrogens (tertiary/aromatic N) is 2. The van der Waals surface area contributed by atoms with Gasteiger partial charge in [-0.3, -0.25) is 4.79 Å². The number of nitriles is 1. The molecule has 2 atom stereocenters. The third-order valence-corrected chi connectivity index (χ3v) is 5.36. The number of anilines is 1. The molecule has 3 rings (SSSR count). The number of ether oxygens (including phenoxy) is 2. The van der Waals surface area contributed by atoms with Crippen LogP contribution in [0.3, 0.4) is 0 Å². The highest BCUT2D eigenvalue weighted by Gasteiger charge is 2.29. The molecule has 178 valence electrons. The maximum Gasteiger partial charge on any atom is 0.343 e. The smallest absolute Gasteiger partial charge is 0.343 e.